The van der Waals surface area contributed by atoms with Crippen LogP contribution in [0.3, 0.4) is 0 Å². The molecule has 1 amide bonds. The summed E-state index contributed by atoms with van der Waals surface area (Å²) < 4.78 is 5.60. The molecule has 0 atom stereocenters. The van der Waals surface area contributed by atoms with Gasteiger partial charge in [0.15, 0.2) is 0 Å². The first-order valence-corrected chi connectivity index (χ1v) is 7.81. The third-order valence-electron chi connectivity index (χ3n) is 3.97. The van der Waals surface area contributed by atoms with E-state index in [4.69, 9.17) is 10.5 Å². The predicted octanol–water partition coefficient (Wildman–Crippen LogP) is 2.27. The Morgan fingerprint density at radius 1 is 1.22 bits per heavy atom. The summed E-state index contributed by atoms with van der Waals surface area (Å²) in [5, 5.41) is 3.07. The van der Waals surface area contributed by atoms with Gasteiger partial charge in [-0.3, -0.25) is 9.78 Å². The largest absolute Gasteiger partial charge is 0.437 e. The molecule has 1 fully saturated rings. The van der Waals surface area contributed by atoms with E-state index in [-0.39, 0.29) is 18.0 Å². The molecule has 23 heavy (non-hydrogen) atoms. The number of aromatic nitrogens is 2. The monoisotopic (exact) mass is 312 g/mol. The highest BCUT2D eigenvalue weighted by molar-refractivity contribution is 5.94. The zero-order valence-electron chi connectivity index (χ0n) is 12.8. The highest BCUT2D eigenvalue weighted by Crippen LogP contribution is 2.21. The lowest BCUT2D eigenvalue weighted by Gasteiger charge is -2.26. The molecule has 3 rings (SSSR count). The standard InChI is InChI=1S/C17H20N4O2/c18-13-4-6-14(7-5-13)21-17(22)12-2-1-3-15(10-12)23-16-11-19-8-9-20-16/h1-3,8-11,13-14H,4-7,18H2,(H,21,22). The van der Waals surface area contributed by atoms with Crippen molar-refractivity contribution in [2.45, 2.75) is 37.8 Å². The van der Waals surface area contributed by atoms with Crippen molar-refractivity contribution in [2.75, 3.05) is 0 Å². The van der Waals surface area contributed by atoms with Crippen molar-refractivity contribution in [1.29, 1.82) is 0 Å². The lowest BCUT2D eigenvalue weighted by Crippen LogP contribution is -2.40. The smallest absolute Gasteiger partial charge is 0.251 e. The van der Waals surface area contributed by atoms with Crippen LogP contribution in [0.5, 0.6) is 11.6 Å². The number of carbonyl (C=O) groups excluding carboxylic acids is 1. The van der Waals surface area contributed by atoms with Crippen LogP contribution in [-0.4, -0.2) is 28.0 Å². The molecule has 0 aliphatic heterocycles. The van der Waals surface area contributed by atoms with Crippen molar-refractivity contribution in [1.82, 2.24) is 15.3 Å². The highest BCUT2D eigenvalue weighted by atomic mass is 16.5. The van der Waals surface area contributed by atoms with Crippen molar-refractivity contribution >= 4 is 5.91 Å². The van der Waals surface area contributed by atoms with Crippen LogP contribution in [0.1, 0.15) is 36.0 Å². The Morgan fingerprint density at radius 3 is 2.78 bits per heavy atom. The topological polar surface area (TPSA) is 90.1 Å². The SMILES string of the molecule is NC1CCC(NC(=O)c2cccc(Oc3cnccn3)c2)CC1. The van der Waals surface area contributed by atoms with E-state index in [0.29, 0.717) is 17.2 Å². The lowest BCUT2D eigenvalue weighted by molar-refractivity contribution is 0.0925. The average Bonchev–Trinajstić information content (AvgIpc) is 2.58. The third-order valence-corrected chi connectivity index (χ3v) is 3.97. The number of nitrogens with two attached hydrogens (primary N) is 1. The number of hydrogen-bond donors (Lipinski definition) is 2. The molecule has 120 valence electrons. The number of ether oxygens (including phenoxy) is 1. The van der Waals surface area contributed by atoms with Gasteiger partial charge in [0.2, 0.25) is 5.88 Å². The second-order valence-electron chi connectivity index (χ2n) is 5.76. The first-order chi connectivity index (χ1) is 11.2. The van der Waals surface area contributed by atoms with E-state index in [1.54, 1.807) is 36.7 Å². The molecular formula is C17H20N4O2. The molecule has 1 aromatic carbocycles. The van der Waals surface area contributed by atoms with E-state index >= 15 is 0 Å². The number of nitrogens with zero attached hydrogens (tertiary/aromatic N) is 2. The van der Waals surface area contributed by atoms with E-state index < -0.39 is 0 Å². The molecule has 1 aliphatic carbocycles. The van der Waals surface area contributed by atoms with Gasteiger partial charge in [-0.2, -0.15) is 0 Å². The molecule has 0 spiro atoms. The molecule has 0 unspecified atom stereocenters. The molecule has 6 heteroatoms. The minimum Gasteiger partial charge on any atom is -0.437 e. The summed E-state index contributed by atoms with van der Waals surface area (Å²) in [4.78, 5) is 20.4. The van der Waals surface area contributed by atoms with Gasteiger partial charge in [0.25, 0.3) is 5.91 Å². The van der Waals surface area contributed by atoms with E-state index in [1.807, 2.05) is 0 Å². The summed E-state index contributed by atoms with van der Waals surface area (Å²) in [6.07, 6.45) is 8.44. The summed E-state index contributed by atoms with van der Waals surface area (Å²) in [6, 6.07) is 7.52. The van der Waals surface area contributed by atoms with Crippen LogP contribution in [0.15, 0.2) is 42.9 Å². The fourth-order valence-electron chi connectivity index (χ4n) is 2.69. The number of rotatable bonds is 4. The molecule has 0 bridgehead atoms. The first-order valence-electron chi connectivity index (χ1n) is 7.81. The highest BCUT2D eigenvalue weighted by Gasteiger charge is 2.20. The third kappa shape index (κ3) is 4.26. The van der Waals surface area contributed by atoms with Gasteiger partial charge >= 0.3 is 0 Å². The van der Waals surface area contributed by atoms with Gasteiger partial charge in [0.1, 0.15) is 5.75 Å². The molecule has 0 radical (unpaired) electrons. The van der Waals surface area contributed by atoms with E-state index in [1.165, 1.54) is 6.20 Å². The Balaban J connectivity index is 1.63. The second kappa shape index (κ2) is 7.19. The maximum atomic E-state index is 12.4. The minimum atomic E-state index is -0.0879. The van der Waals surface area contributed by atoms with Gasteiger partial charge in [-0.15, -0.1) is 0 Å². The van der Waals surface area contributed by atoms with Crippen molar-refractivity contribution in [3.8, 4) is 11.6 Å². The van der Waals surface area contributed by atoms with Gasteiger partial charge in [0, 0.05) is 30.0 Å². The van der Waals surface area contributed by atoms with Gasteiger partial charge in [-0.1, -0.05) is 6.07 Å². The number of nitrogens with one attached hydrogen (secondary N) is 1. The van der Waals surface area contributed by atoms with Crippen LogP contribution in [0, 0.1) is 0 Å². The quantitative estimate of drug-likeness (QED) is 0.904. The molecule has 0 saturated heterocycles. The minimum absolute atomic E-state index is 0.0879. The second-order valence-corrected chi connectivity index (χ2v) is 5.76. The number of amides is 1. The summed E-state index contributed by atoms with van der Waals surface area (Å²) in [5.41, 5.74) is 6.46. The maximum absolute atomic E-state index is 12.4. The molecular weight excluding hydrogens is 292 g/mol. The van der Waals surface area contributed by atoms with Crippen LogP contribution in [0.25, 0.3) is 0 Å². The van der Waals surface area contributed by atoms with E-state index in [0.717, 1.165) is 25.7 Å². The Hall–Kier alpha value is -2.47. The van der Waals surface area contributed by atoms with Crippen molar-refractivity contribution in [3.05, 3.63) is 48.4 Å². The predicted molar refractivity (Wildman–Crippen MR) is 86.2 cm³/mol. The normalized spacial score (nSPS) is 20.7. The Morgan fingerprint density at radius 2 is 2.04 bits per heavy atom. The molecule has 1 heterocycles. The van der Waals surface area contributed by atoms with Crippen LogP contribution in [0.2, 0.25) is 0 Å². The number of hydrogen-bond acceptors (Lipinski definition) is 5. The van der Waals surface area contributed by atoms with Gasteiger partial charge in [-0.05, 0) is 43.9 Å². The summed E-state index contributed by atoms with van der Waals surface area (Å²) in [5.74, 6) is 0.866. The molecule has 1 saturated carbocycles. The lowest BCUT2D eigenvalue weighted by atomic mass is 9.91. The number of carbonyl (C=O) groups is 1. The molecule has 1 aliphatic rings. The van der Waals surface area contributed by atoms with Gasteiger partial charge < -0.3 is 15.8 Å². The van der Waals surface area contributed by atoms with Gasteiger partial charge in [0.05, 0.1) is 6.20 Å². The van der Waals surface area contributed by atoms with Crippen LogP contribution >= 0.6 is 0 Å². The molecule has 3 N–H and O–H groups in total. The van der Waals surface area contributed by atoms with Crippen molar-refractivity contribution < 1.29 is 9.53 Å². The van der Waals surface area contributed by atoms with Crippen molar-refractivity contribution in [3.63, 3.8) is 0 Å². The van der Waals surface area contributed by atoms with E-state index in [2.05, 4.69) is 15.3 Å². The van der Waals surface area contributed by atoms with E-state index in [9.17, 15) is 4.79 Å². The summed E-state index contributed by atoms with van der Waals surface area (Å²) in [6.45, 7) is 0. The average molecular weight is 312 g/mol. The van der Waals surface area contributed by atoms with Crippen LogP contribution in [0.4, 0.5) is 0 Å². The zero-order chi connectivity index (χ0) is 16.1. The molecule has 6 nitrogen and oxygen atoms in total. The summed E-state index contributed by atoms with van der Waals surface area (Å²) >= 11 is 0. The van der Waals surface area contributed by atoms with Gasteiger partial charge in [-0.25, -0.2) is 4.98 Å². The maximum Gasteiger partial charge on any atom is 0.251 e. The Labute approximate surface area is 135 Å². The Bertz CT molecular complexity index is 655. The van der Waals surface area contributed by atoms with Crippen LogP contribution in [-0.2, 0) is 0 Å². The van der Waals surface area contributed by atoms with Crippen molar-refractivity contribution in [2.24, 2.45) is 5.73 Å². The fourth-order valence-corrected chi connectivity index (χ4v) is 2.69. The fraction of sp³-hybridized carbons (Fsp3) is 0.353. The summed E-state index contributed by atoms with van der Waals surface area (Å²) in [7, 11) is 0. The first kappa shape index (κ1) is 15.4. The Kier molecular flexibility index (Phi) is 4.83. The number of benzene rings is 1. The molecule has 1 aromatic heterocycles. The zero-order valence-corrected chi connectivity index (χ0v) is 12.8. The van der Waals surface area contributed by atoms with Crippen LogP contribution < -0.4 is 15.8 Å². The molecule has 2 aromatic rings.